The molecular weight excluding hydrogens is 371 g/mol. The Hall–Kier alpha value is -2.89. The molecule has 0 aromatic heterocycles. The van der Waals surface area contributed by atoms with Gasteiger partial charge in [0.2, 0.25) is 11.8 Å². The molecule has 0 aliphatic rings. The van der Waals surface area contributed by atoms with Gasteiger partial charge >= 0.3 is 0 Å². The number of amides is 2. The van der Waals surface area contributed by atoms with Gasteiger partial charge in [0.15, 0.2) is 0 Å². The monoisotopic (exact) mass is 400 g/mol. The van der Waals surface area contributed by atoms with E-state index in [1.54, 1.807) is 32.2 Å². The molecule has 0 aliphatic heterocycles. The summed E-state index contributed by atoms with van der Waals surface area (Å²) in [6, 6.07) is 12.8. The highest BCUT2D eigenvalue weighted by molar-refractivity contribution is 5.88. The first kappa shape index (κ1) is 22.4. The third-order valence-corrected chi connectivity index (χ3v) is 4.95. The number of hydrogen-bond donors (Lipinski definition) is 1. The van der Waals surface area contributed by atoms with Crippen LogP contribution in [0.15, 0.2) is 48.5 Å². The van der Waals surface area contributed by atoms with Crippen molar-refractivity contribution in [2.45, 2.75) is 52.2 Å². The van der Waals surface area contributed by atoms with Crippen molar-refractivity contribution in [3.63, 3.8) is 0 Å². The predicted molar refractivity (Wildman–Crippen MR) is 111 cm³/mol. The molecule has 2 amide bonds. The van der Waals surface area contributed by atoms with Crippen LogP contribution in [0.25, 0.3) is 0 Å². The molecule has 0 aliphatic carbocycles. The number of benzene rings is 2. The minimum Gasteiger partial charge on any atom is -0.497 e. The van der Waals surface area contributed by atoms with Gasteiger partial charge in [0.1, 0.15) is 17.6 Å². The van der Waals surface area contributed by atoms with Crippen LogP contribution in [0.3, 0.4) is 0 Å². The number of rotatable bonds is 9. The van der Waals surface area contributed by atoms with E-state index in [1.165, 1.54) is 11.0 Å². The van der Waals surface area contributed by atoms with E-state index in [-0.39, 0.29) is 30.8 Å². The zero-order valence-corrected chi connectivity index (χ0v) is 17.4. The quantitative estimate of drug-likeness (QED) is 0.698. The minimum absolute atomic E-state index is 0.00490. The first-order valence-corrected chi connectivity index (χ1v) is 9.81. The molecule has 2 rings (SSSR count). The van der Waals surface area contributed by atoms with Crippen LogP contribution in [0.1, 0.15) is 38.3 Å². The Bertz CT molecular complexity index is 840. The van der Waals surface area contributed by atoms with E-state index >= 15 is 0 Å². The Labute approximate surface area is 171 Å². The first-order valence-electron chi connectivity index (χ1n) is 9.81. The summed E-state index contributed by atoms with van der Waals surface area (Å²) in [6.45, 7) is 5.81. The number of hydrogen-bond acceptors (Lipinski definition) is 3. The topological polar surface area (TPSA) is 58.6 Å². The van der Waals surface area contributed by atoms with E-state index < -0.39 is 11.9 Å². The molecule has 2 aromatic rings. The Morgan fingerprint density at radius 3 is 2.52 bits per heavy atom. The molecule has 0 heterocycles. The average molecular weight is 400 g/mol. The maximum absolute atomic E-state index is 14.0. The van der Waals surface area contributed by atoms with E-state index in [4.69, 9.17) is 4.74 Å². The van der Waals surface area contributed by atoms with Crippen molar-refractivity contribution >= 4 is 11.8 Å². The maximum Gasteiger partial charge on any atom is 0.242 e. The van der Waals surface area contributed by atoms with Crippen molar-refractivity contribution in [1.82, 2.24) is 10.2 Å². The number of carbonyl (C=O) groups excluding carboxylic acids is 2. The molecule has 0 fully saturated rings. The Morgan fingerprint density at radius 2 is 1.86 bits per heavy atom. The van der Waals surface area contributed by atoms with Gasteiger partial charge in [-0.1, -0.05) is 37.3 Å². The molecule has 0 radical (unpaired) electrons. The van der Waals surface area contributed by atoms with E-state index in [1.807, 2.05) is 38.1 Å². The zero-order chi connectivity index (χ0) is 21.4. The number of methoxy groups -OCH3 is 1. The van der Waals surface area contributed by atoms with Crippen LogP contribution in [-0.4, -0.2) is 35.9 Å². The molecule has 156 valence electrons. The van der Waals surface area contributed by atoms with Crippen molar-refractivity contribution in [2.24, 2.45) is 0 Å². The molecule has 29 heavy (non-hydrogen) atoms. The first-order chi connectivity index (χ1) is 13.8. The van der Waals surface area contributed by atoms with Crippen LogP contribution in [0.2, 0.25) is 0 Å². The van der Waals surface area contributed by atoms with Gasteiger partial charge in [-0.15, -0.1) is 0 Å². The molecule has 6 heteroatoms. The summed E-state index contributed by atoms with van der Waals surface area (Å²) in [4.78, 5) is 27.2. The lowest BCUT2D eigenvalue weighted by atomic mass is 10.1. The smallest absolute Gasteiger partial charge is 0.242 e. The lowest BCUT2D eigenvalue weighted by molar-refractivity contribution is -0.140. The summed E-state index contributed by atoms with van der Waals surface area (Å²) in [7, 11) is 1.57. The molecule has 0 saturated carbocycles. The third kappa shape index (κ3) is 6.31. The Morgan fingerprint density at radius 1 is 1.14 bits per heavy atom. The highest BCUT2D eigenvalue weighted by atomic mass is 19.1. The number of ether oxygens (including phenoxy) is 1. The molecule has 0 unspecified atom stereocenters. The van der Waals surface area contributed by atoms with Crippen LogP contribution in [0, 0.1) is 5.82 Å². The van der Waals surface area contributed by atoms with Crippen molar-refractivity contribution in [3.05, 3.63) is 65.5 Å². The second kappa shape index (κ2) is 10.6. The van der Waals surface area contributed by atoms with Crippen molar-refractivity contribution in [2.75, 3.05) is 7.11 Å². The summed E-state index contributed by atoms with van der Waals surface area (Å²) in [5, 5.41) is 2.92. The largest absolute Gasteiger partial charge is 0.497 e. The van der Waals surface area contributed by atoms with Gasteiger partial charge in [-0.2, -0.15) is 0 Å². The fraction of sp³-hybridized carbons (Fsp3) is 0.391. The normalized spacial score (nSPS) is 12.7. The average Bonchev–Trinajstić information content (AvgIpc) is 2.73. The molecule has 2 atom stereocenters. The highest BCUT2D eigenvalue weighted by Gasteiger charge is 2.27. The SMILES string of the molecule is CC[C@H](C)NC(=O)[C@@H](C)N(Cc1cccc(OC)c1)C(=O)Cc1ccccc1F. The van der Waals surface area contributed by atoms with Gasteiger partial charge in [0.05, 0.1) is 13.5 Å². The molecule has 0 bridgehead atoms. The summed E-state index contributed by atoms with van der Waals surface area (Å²) < 4.78 is 19.3. The van der Waals surface area contributed by atoms with Gasteiger partial charge in [-0.05, 0) is 49.6 Å². The molecular formula is C23H29FN2O3. The van der Waals surface area contributed by atoms with Crippen LogP contribution in [0.5, 0.6) is 5.75 Å². The number of carbonyl (C=O) groups is 2. The fourth-order valence-corrected chi connectivity index (χ4v) is 2.92. The number of nitrogens with zero attached hydrogens (tertiary/aromatic N) is 1. The van der Waals surface area contributed by atoms with E-state index in [0.29, 0.717) is 11.3 Å². The Balaban J connectivity index is 2.26. The summed E-state index contributed by atoms with van der Waals surface area (Å²) in [5.41, 5.74) is 1.14. The van der Waals surface area contributed by atoms with Gasteiger partial charge in [0, 0.05) is 12.6 Å². The van der Waals surface area contributed by atoms with E-state index in [9.17, 15) is 14.0 Å². The fourth-order valence-electron chi connectivity index (χ4n) is 2.92. The minimum atomic E-state index is -0.700. The second-order valence-corrected chi connectivity index (χ2v) is 7.14. The van der Waals surface area contributed by atoms with Gasteiger partial charge in [0.25, 0.3) is 0 Å². The lowest BCUT2D eigenvalue weighted by Gasteiger charge is -2.30. The molecule has 5 nitrogen and oxygen atoms in total. The molecule has 0 saturated heterocycles. The number of nitrogens with one attached hydrogen (secondary N) is 1. The van der Waals surface area contributed by atoms with E-state index in [2.05, 4.69) is 5.32 Å². The second-order valence-electron chi connectivity index (χ2n) is 7.14. The van der Waals surface area contributed by atoms with Crippen molar-refractivity contribution in [3.8, 4) is 5.75 Å². The summed E-state index contributed by atoms with van der Waals surface area (Å²) in [6.07, 6.45) is 0.676. The van der Waals surface area contributed by atoms with Gasteiger partial charge < -0.3 is 15.0 Å². The third-order valence-electron chi connectivity index (χ3n) is 4.95. The summed E-state index contributed by atoms with van der Waals surface area (Å²) in [5.74, 6) is -0.312. The van der Waals surface area contributed by atoms with Crippen LogP contribution in [-0.2, 0) is 22.6 Å². The maximum atomic E-state index is 14.0. The highest BCUT2D eigenvalue weighted by Crippen LogP contribution is 2.18. The standard InChI is InChI=1S/C23H29FN2O3/c1-5-16(2)25-23(28)17(3)26(15-18-9-8-11-20(13-18)29-4)22(27)14-19-10-6-7-12-21(19)24/h6-13,16-17H,5,14-15H2,1-4H3,(H,25,28)/t16-,17+/m0/s1. The predicted octanol–water partition coefficient (Wildman–Crippen LogP) is 3.71. The van der Waals surface area contributed by atoms with Crippen LogP contribution >= 0.6 is 0 Å². The zero-order valence-electron chi connectivity index (χ0n) is 17.4. The van der Waals surface area contributed by atoms with Crippen molar-refractivity contribution < 1.29 is 18.7 Å². The van der Waals surface area contributed by atoms with Gasteiger partial charge in [-0.3, -0.25) is 9.59 Å². The van der Waals surface area contributed by atoms with Gasteiger partial charge in [-0.25, -0.2) is 4.39 Å². The molecule has 1 N–H and O–H groups in total. The Kier molecular flexibility index (Phi) is 8.19. The molecule has 2 aromatic carbocycles. The lowest BCUT2D eigenvalue weighted by Crippen LogP contribution is -2.50. The summed E-state index contributed by atoms with van der Waals surface area (Å²) >= 11 is 0. The van der Waals surface area contributed by atoms with Crippen molar-refractivity contribution in [1.29, 1.82) is 0 Å². The van der Waals surface area contributed by atoms with Crippen LogP contribution < -0.4 is 10.1 Å². The van der Waals surface area contributed by atoms with Crippen LogP contribution in [0.4, 0.5) is 4.39 Å². The number of halogens is 1. The van der Waals surface area contributed by atoms with E-state index in [0.717, 1.165) is 12.0 Å². The molecule has 0 spiro atoms.